The highest BCUT2D eigenvalue weighted by atomic mass is 16.8. The second-order valence-corrected chi connectivity index (χ2v) is 31.5. The van der Waals surface area contributed by atoms with E-state index >= 15 is 0 Å². The van der Waals surface area contributed by atoms with E-state index in [2.05, 4.69) is 0 Å². The van der Waals surface area contributed by atoms with Gasteiger partial charge in [-0.25, -0.2) is 0 Å². The molecule has 0 aliphatic carbocycles. The average Bonchev–Trinajstić information content (AvgIpc) is 1.71. The Bertz CT molecular complexity index is 4440. The molecule has 0 unspecified atom stereocenters. The van der Waals surface area contributed by atoms with Crippen LogP contribution in [0, 0.1) is 0 Å². The van der Waals surface area contributed by atoms with Gasteiger partial charge in [-0.3, -0.25) is 0 Å². The highest BCUT2D eigenvalue weighted by Gasteiger charge is 2.68. The van der Waals surface area contributed by atoms with Gasteiger partial charge >= 0.3 is 0 Å². The summed E-state index contributed by atoms with van der Waals surface area (Å²) in [5, 5.41) is 0. The molecule has 4 heterocycles. The van der Waals surface area contributed by atoms with Crippen LogP contribution in [0.5, 0.6) is 0 Å². The second-order valence-electron chi connectivity index (χ2n) is 31.5. The number of hydrogen-bond donors (Lipinski definition) is 0. The smallest absolute Gasteiger partial charge is 0.222 e. The lowest BCUT2D eigenvalue weighted by Gasteiger charge is -2.54. The Labute approximate surface area is 721 Å². The molecule has 0 radical (unpaired) electrons. The Hall–Kier alpha value is -10.1. The van der Waals surface area contributed by atoms with Gasteiger partial charge in [0.2, 0.25) is 17.4 Å². The molecule has 0 amide bonds. The predicted molar refractivity (Wildman–Crippen MR) is 464 cm³/mol. The molecule has 16 rings (SSSR count). The van der Waals surface area contributed by atoms with Gasteiger partial charge in [0.15, 0.2) is 0 Å². The van der Waals surface area contributed by atoms with E-state index in [0.29, 0.717) is 0 Å². The highest BCUT2D eigenvalue weighted by molar-refractivity contribution is 5.24. The van der Waals surface area contributed by atoms with E-state index in [1.54, 1.807) is 0 Å². The zero-order chi connectivity index (χ0) is 83.2. The van der Waals surface area contributed by atoms with E-state index in [-0.39, 0.29) is 99.1 Å². The molecule has 4 fully saturated rings. The van der Waals surface area contributed by atoms with Crippen LogP contribution in [0.15, 0.2) is 364 Å². The standard InChI is InChI=1S/C105H108O18/c1-13-37-79(38-14-1)61-106-73-91-94(109-64-82-43-19-4-20-44-82)97(112-67-85-49-25-7-26-50-85)100(115-70-88-55-31-10-32-56-88)103(121-91)76-119-105(102(117-72-90-59-35-12-36-60-90)99(114-69-87-53-29-9-30-54-87)96(111-66-84-47-23-6-24-48-84)93(123-105)75-108-63-81-41-17-3-18-42-81)78-120-104(77-118-103)101(116-71-89-57-33-11-34-58-89)98(113-68-86-51-27-8-28-52-86)95(110-65-83-45-21-5-22-46-83)92(122-104)74-107-62-80-39-15-2-16-40-80/h1-60,91-102H,61-78H2/t91-,92-,93-,94+,95+,96+,97+,98+,99+,100-,101-,102-,103-,104+,105+/m1/s1. The van der Waals surface area contributed by atoms with Gasteiger partial charge in [-0.1, -0.05) is 364 Å². The largest absolute Gasteiger partial charge is 0.374 e. The molecule has 3 spiro atoms. The quantitative estimate of drug-likeness (QED) is 0.0357. The van der Waals surface area contributed by atoms with Gasteiger partial charge in [-0.05, 0) is 66.8 Å². The second kappa shape index (κ2) is 44.5. The van der Waals surface area contributed by atoms with Crippen molar-refractivity contribution in [2.45, 2.75) is 170 Å². The van der Waals surface area contributed by atoms with Crippen LogP contribution < -0.4 is 0 Å². The van der Waals surface area contributed by atoms with Crippen LogP contribution in [0.2, 0.25) is 0 Å². The van der Waals surface area contributed by atoms with Crippen LogP contribution in [0.25, 0.3) is 0 Å². The molecular formula is C105H108O18. The monoisotopic (exact) mass is 1660 g/mol. The summed E-state index contributed by atoms with van der Waals surface area (Å²) in [6.45, 7) is -0.302. The molecule has 12 aromatic carbocycles. The van der Waals surface area contributed by atoms with E-state index < -0.39 is 110 Å². The molecule has 636 valence electrons. The van der Waals surface area contributed by atoms with Crippen molar-refractivity contribution < 1.29 is 85.3 Å². The molecular weight excluding hydrogens is 1550 g/mol. The normalized spacial score (nSPS) is 25.3. The maximum atomic E-state index is 8.23. The van der Waals surface area contributed by atoms with E-state index in [1.165, 1.54) is 0 Å². The fourth-order valence-electron chi connectivity index (χ4n) is 16.3. The van der Waals surface area contributed by atoms with Crippen LogP contribution in [-0.2, 0) is 165 Å². The minimum absolute atomic E-state index is 0.0183. The number of ether oxygens (including phenoxy) is 18. The van der Waals surface area contributed by atoms with E-state index in [4.69, 9.17) is 85.3 Å². The molecule has 4 aliphatic heterocycles. The summed E-state index contributed by atoms with van der Waals surface area (Å²) in [6.07, 6.45) is -13.2. The topological polar surface area (TPSA) is 166 Å². The first kappa shape index (κ1) is 86.4. The maximum Gasteiger partial charge on any atom is 0.222 e. The summed E-state index contributed by atoms with van der Waals surface area (Å²) in [7, 11) is 0. The Morgan fingerprint density at radius 1 is 0.179 bits per heavy atom. The molecule has 15 atom stereocenters. The van der Waals surface area contributed by atoms with Gasteiger partial charge in [-0.2, -0.15) is 0 Å². The van der Waals surface area contributed by atoms with Gasteiger partial charge in [0, 0.05) is 0 Å². The Morgan fingerprint density at radius 2 is 0.325 bits per heavy atom. The molecule has 0 saturated carbocycles. The first-order valence-corrected chi connectivity index (χ1v) is 42.6. The van der Waals surface area contributed by atoms with Crippen LogP contribution in [-0.4, -0.2) is 130 Å². The highest BCUT2D eigenvalue weighted by Crippen LogP contribution is 2.48. The summed E-state index contributed by atoms with van der Waals surface area (Å²) in [4.78, 5) is 0. The van der Waals surface area contributed by atoms with Crippen molar-refractivity contribution in [2.24, 2.45) is 0 Å². The van der Waals surface area contributed by atoms with Crippen molar-refractivity contribution in [1.29, 1.82) is 0 Å². The molecule has 0 aromatic heterocycles. The van der Waals surface area contributed by atoms with Crippen molar-refractivity contribution in [2.75, 3.05) is 39.6 Å². The van der Waals surface area contributed by atoms with Crippen molar-refractivity contribution >= 4 is 0 Å². The molecule has 123 heavy (non-hydrogen) atoms. The van der Waals surface area contributed by atoms with Crippen molar-refractivity contribution in [3.05, 3.63) is 431 Å². The van der Waals surface area contributed by atoms with Gasteiger partial charge in [0.1, 0.15) is 93.1 Å². The molecule has 0 bridgehead atoms. The molecule has 18 nitrogen and oxygen atoms in total. The third-order valence-electron chi connectivity index (χ3n) is 22.6. The first-order valence-electron chi connectivity index (χ1n) is 42.6. The molecule has 0 N–H and O–H groups in total. The summed E-state index contributed by atoms with van der Waals surface area (Å²) in [5.74, 6) is -6.50. The van der Waals surface area contributed by atoms with Gasteiger partial charge < -0.3 is 85.3 Å². The van der Waals surface area contributed by atoms with Gasteiger partial charge in [0.25, 0.3) is 0 Å². The van der Waals surface area contributed by atoms with Gasteiger partial charge in [0.05, 0.1) is 99.1 Å². The lowest BCUT2D eigenvalue weighted by molar-refractivity contribution is -0.427. The van der Waals surface area contributed by atoms with Crippen molar-refractivity contribution in [3.8, 4) is 0 Å². The zero-order valence-corrected chi connectivity index (χ0v) is 69.1. The van der Waals surface area contributed by atoms with Crippen LogP contribution in [0.1, 0.15) is 66.8 Å². The first-order chi connectivity index (χ1) is 60.9. The van der Waals surface area contributed by atoms with E-state index in [9.17, 15) is 0 Å². The third-order valence-corrected chi connectivity index (χ3v) is 22.6. The van der Waals surface area contributed by atoms with Crippen molar-refractivity contribution in [1.82, 2.24) is 0 Å². The molecule has 4 saturated heterocycles. The fraction of sp³-hybridized carbons (Fsp3) is 0.314. The Morgan fingerprint density at radius 3 is 0.496 bits per heavy atom. The SMILES string of the molecule is c1ccc(COC[C@H]2O[C@@]3(CO[C@@]4(CO[C@]5(CO3)O[C@H](COCc3ccccc3)[C@H](OCc3ccccc3)[C@H](OCc3ccccc3)[C@H]5OCc3ccccc3)O[C@H](COCc3ccccc3)[C@H](OCc3ccccc3)[C@H](OCc3ccccc3)[C@H]4OCc3ccccc3)[C@H](OCc3ccccc3)[C@@H](OCc3ccccc3)[C@H]2OCc2ccccc2)cc1. The summed E-state index contributed by atoms with van der Waals surface area (Å²) < 4.78 is 139. The minimum atomic E-state index is -2.17. The Balaban J connectivity index is 0.931. The number of rotatable bonds is 39. The number of benzene rings is 12. The summed E-state index contributed by atoms with van der Waals surface area (Å²) in [5.41, 5.74) is 10.7. The van der Waals surface area contributed by atoms with Crippen LogP contribution >= 0.6 is 0 Å². The minimum Gasteiger partial charge on any atom is -0.374 e. The number of hydrogen-bond acceptors (Lipinski definition) is 18. The summed E-state index contributed by atoms with van der Waals surface area (Å²) >= 11 is 0. The maximum absolute atomic E-state index is 8.23. The van der Waals surface area contributed by atoms with E-state index in [0.717, 1.165) is 66.8 Å². The fourth-order valence-corrected chi connectivity index (χ4v) is 16.3. The molecule has 12 aromatic rings. The summed E-state index contributed by atoms with van der Waals surface area (Å²) in [6, 6.07) is 120. The van der Waals surface area contributed by atoms with Crippen LogP contribution in [0.4, 0.5) is 0 Å². The lowest BCUT2D eigenvalue weighted by Crippen LogP contribution is -2.72. The van der Waals surface area contributed by atoms with Gasteiger partial charge in [-0.15, -0.1) is 0 Å². The predicted octanol–water partition coefficient (Wildman–Crippen LogP) is 18.3. The van der Waals surface area contributed by atoms with Crippen LogP contribution in [0.3, 0.4) is 0 Å². The lowest BCUT2D eigenvalue weighted by atomic mass is 9.90. The Kier molecular flexibility index (Phi) is 31.3. The van der Waals surface area contributed by atoms with E-state index in [1.807, 2.05) is 364 Å². The van der Waals surface area contributed by atoms with Crippen molar-refractivity contribution in [3.63, 3.8) is 0 Å². The average molecular weight is 1660 g/mol. The molecule has 4 aliphatic rings. The zero-order valence-electron chi connectivity index (χ0n) is 69.1. The third kappa shape index (κ3) is 23.7. The molecule has 18 heteroatoms.